The number of carboxylic acid groups (broad SMARTS) is 1. The number of rotatable bonds is 0. The summed E-state index contributed by atoms with van der Waals surface area (Å²) in [6, 6.07) is 9.82. The van der Waals surface area contributed by atoms with Gasteiger partial charge >= 0.3 is 6.09 Å². The highest BCUT2D eigenvalue weighted by atomic mass is 16.4. The van der Waals surface area contributed by atoms with Crippen molar-refractivity contribution in [2.45, 2.75) is 6.54 Å². The first kappa shape index (κ1) is 9.84. The highest BCUT2D eigenvalue weighted by molar-refractivity contribution is 5.81. The van der Waals surface area contributed by atoms with E-state index in [1.807, 2.05) is 30.3 Å². The van der Waals surface area contributed by atoms with E-state index in [0.717, 1.165) is 22.2 Å². The summed E-state index contributed by atoms with van der Waals surface area (Å²) in [4.78, 5) is 16.6. The van der Waals surface area contributed by atoms with Crippen LogP contribution in [0, 0.1) is 0 Å². The van der Waals surface area contributed by atoms with E-state index in [0.29, 0.717) is 6.54 Å². The topological polar surface area (TPSA) is 53.4 Å². The molecule has 3 rings (SSSR count). The van der Waals surface area contributed by atoms with Gasteiger partial charge in [0.2, 0.25) is 0 Å². The highest BCUT2D eigenvalue weighted by Crippen LogP contribution is 2.22. The average Bonchev–Trinajstić information content (AvgIpc) is 2.35. The first-order valence-electron chi connectivity index (χ1n) is 5.30. The Hall–Kier alpha value is -2.36. The molecule has 1 aliphatic heterocycles. The molecule has 4 nitrogen and oxygen atoms in total. The van der Waals surface area contributed by atoms with Gasteiger partial charge in [-0.05, 0) is 23.8 Å². The molecular weight excluding hydrogens is 216 g/mol. The Balaban J connectivity index is 2.13. The average molecular weight is 226 g/mol. The fraction of sp³-hybridized carbons (Fsp3) is 0.0769. The number of aromatic nitrogens is 1. The molecule has 0 spiro atoms. The van der Waals surface area contributed by atoms with Crippen LogP contribution in [0.2, 0.25) is 0 Å². The Morgan fingerprint density at radius 3 is 3.00 bits per heavy atom. The summed E-state index contributed by atoms with van der Waals surface area (Å²) < 4.78 is 0. The number of hydrogen-bond acceptors (Lipinski definition) is 2. The number of hydrogen-bond donors (Lipinski definition) is 1. The van der Waals surface area contributed by atoms with Crippen molar-refractivity contribution in [3.8, 4) is 0 Å². The summed E-state index contributed by atoms with van der Waals surface area (Å²) in [7, 11) is 0. The molecule has 0 saturated carbocycles. The van der Waals surface area contributed by atoms with Crippen molar-refractivity contribution < 1.29 is 9.90 Å². The molecule has 0 aliphatic carbocycles. The van der Waals surface area contributed by atoms with E-state index < -0.39 is 6.09 Å². The minimum absolute atomic E-state index is 0.360. The van der Waals surface area contributed by atoms with Gasteiger partial charge < -0.3 is 5.11 Å². The third kappa shape index (κ3) is 1.63. The van der Waals surface area contributed by atoms with Gasteiger partial charge in [-0.3, -0.25) is 4.90 Å². The van der Waals surface area contributed by atoms with Gasteiger partial charge in [-0.1, -0.05) is 18.2 Å². The molecule has 0 radical (unpaired) electrons. The maximum Gasteiger partial charge on any atom is 0.411 e. The van der Waals surface area contributed by atoms with Gasteiger partial charge in [-0.15, -0.1) is 0 Å². The lowest BCUT2D eigenvalue weighted by molar-refractivity contribution is 0.160. The van der Waals surface area contributed by atoms with Crippen LogP contribution in [0.15, 0.2) is 36.5 Å². The molecule has 2 aromatic rings. The van der Waals surface area contributed by atoms with Crippen molar-refractivity contribution in [3.05, 3.63) is 47.8 Å². The summed E-state index contributed by atoms with van der Waals surface area (Å²) in [5.74, 6) is 0. The van der Waals surface area contributed by atoms with Crippen molar-refractivity contribution in [1.29, 1.82) is 0 Å². The zero-order valence-corrected chi connectivity index (χ0v) is 9.00. The Morgan fingerprint density at radius 1 is 1.35 bits per heavy atom. The summed E-state index contributed by atoms with van der Waals surface area (Å²) in [5.41, 5.74) is 2.72. The number of amides is 1. The van der Waals surface area contributed by atoms with Gasteiger partial charge in [-0.25, -0.2) is 9.78 Å². The summed E-state index contributed by atoms with van der Waals surface area (Å²) >= 11 is 0. The number of benzene rings is 1. The predicted octanol–water partition coefficient (Wildman–Crippen LogP) is 2.70. The van der Waals surface area contributed by atoms with E-state index in [1.54, 1.807) is 12.3 Å². The van der Waals surface area contributed by atoms with Gasteiger partial charge in [-0.2, -0.15) is 0 Å². The van der Waals surface area contributed by atoms with Crippen LogP contribution in [0.25, 0.3) is 17.0 Å². The molecule has 1 aliphatic rings. The van der Waals surface area contributed by atoms with Crippen LogP contribution < -0.4 is 0 Å². The molecule has 0 fully saturated rings. The van der Waals surface area contributed by atoms with Crippen LogP contribution >= 0.6 is 0 Å². The second kappa shape index (κ2) is 3.59. The van der Waals surface area contributed by atoms with Gasteiger partial charge in [0, 0.05) is 11.6 Å². The fourth-order valence-corrected chi connectivity index (χ4v) is 1.97. The first-order valence-corrected chi connectivity index (χ1v) is 5.30. The minimum atomic E-state index is -0.944. The van der Waals surface area contributed by atoms with Crippen molar-refractivity contribution in [1.82, 2.24) is 9.88 Å². The monoisotopic (exact) mass is 226 g/mol. The number of carbonyl (C=O) groups is 1. The lowest BCUT2D eigenvalue weighted by atomic mass is 10.1. The standard InChI is InChI=1S/C13H10N2O2/c16-13(17)15-6-5-12-10(8-15)7-9-3-1-2-4-11(9)14-12/h1-7H,8H2,(H,16,17). The summed E-state index contributed by atoms with van der Waals surface area (Å²) in [6.45, 7) is 0.360. The number of fused-ring (bicyclic) bond motifs is 2. The van der Waals surface area contributed by atoms with E-state index in [1.165, 1.54) is 4.90 Å². The molecule has 1 aromatic carbocycles. The maximum atomic E-state index is 10.9. The lowest BCUT2D eigenvalue weighted by Crippen LogP contribution is -2.25. The molecule has 1 amide bonds. The van der Waals surface area contributed by atoms with Gasteiger partial charge in [0.15, 0.2) is 0 Å². The summed E-state index contributed by atoms with van der Waals surface area (Å²) in [6.07, 6.45) is 2.34. The van der Waals surface area contributed by atoms with E-state index in [4.69, 9.17) is 5.11 Å². The first-order chi connectivity index (χ1) is 8.24. The zero-order chi connectivity index (χ0) is 11.8. The largest absolute Gasteiger partial charge is 0.465 e. The number of nitrogens with zero attached hydrogens (tertiary/aromatic N) is 2. The minimum Gasteiger partial charge on any atom is -0.465 e. The molecule has 1 N–H and O–H groups in total. The SMILES string of the molecule is O=C(O)N1C=Cc2nc3ccccc3cc2C1. The second-order valence-electron chi connectivity index (χ2n) is 3.95. The van der Waals surface area contributed by atoms with Crippen molar-refractivity contribution >= 4 is 23.1 Å². The van der Waals surface area contributed by atoms with E-state index in [-0.39, 0.29) is 0 Å². The van der Waals surface area contributed by atoms with Crippen molar-refractivity contribution in [2.24, 2.45) is 0 Å². The van der Waals surface area contributed by atoms with E-state index in [2.05, 4.69) is 4.98 Å². The molecule has 0 saturated heterocycles. The molecule has 1 aromatic heterocycles. The fourth-order valence-electron chi connectivity index (χ4n) is 1.97. The lowest BCUT2D eigenvalue weighted by Gasteiger charge is -2.20. The van der Waals surface area contributed by atoms with Gasteiger partial charge in [0.05, 0.1) is 17.8 Å². The molecule has 0 bridgehead atoms. The van der Waals surface area contributed by atoms with Crippen LogP contribution in [0.1, 0.15) is 11.3 Å². The van der Waals surface area contributed by atoms with Gasteiger partial charge in [0.1, 0.15) is 0 Å². The normalized spacial score (nSPS) is 13.8. The Bertz CT molecular complexity index is 634. The molecule has 84 valence electrons. The van der Waals surface area contributed by atoms with Crippen LogP contribution in [0.5, 0.6) is 0 Å². The van der Waals surface area contributed by atoms with E-state index >= 15 is 0 Å². The molecular formula is C13H10N2O2. The Morgan fingerprint density at radius 2 is 2.18 bits per heavy atom. The molecule has 0 atom stereocenters. The highest BCUT2D eigenvalue weighted by Gasteiger charge is 2.16. The molecule has 0 unspecified atom stereocenters. The molecule has 4 heteroatoms. The smallest absolute Gasteiger partial charge is 0.411 e. The van der Waals surface area contributed by atoms with Crippen LogP contribution in [-0.2, 0) is 6.54 Å². The second-order valence-corrected chi connectivity index (χ2v) is 3.95. The third-order valence-electron chi connectivity index (χ3n) is 2.84. The number of pyridine rings is 1. The Labute approximate surface area is 97.8 Å². The van der Waals surface area contributed by atoms with Crippen LogP contribution in [-0.4, -0.2) is 21.1 Å². The zero-order valence-electron chi connectivity index (χ0n) is 9.00. The Kier molecular flexibility index (Phi) is 2.08. The van der Waals surface area contributed by atoms with E-state index in [9.17, 15) is 4.79 Å². The third-order valence-corrected chi connectivity index (χ3v) is 2.84. The van der Waals surface area contributed by atoms with Crippen molar-refractivity contribution in [2.75, 3.05) is 0 Å². The molecule has 17 heavy (non-hydrogen) atoms. The van der Waals surface area contributed by atoms with Gasteiger partial charge in [0.25, 0.3) is 0 Å². The summed E-state index contributed by atoms with van der Waals surface area (Å²) in [5, 5.41) is 9.97. The maximum absolute atomic E-state index is 10.9. The van der Waals surface area contributed by atoms with Crippen LogP contribution in [0.4, 0.5) is 4.79 Å². The van der Waals surface area contributed by atoms with Crippen molar-refractivity contribution in [3.63, 3.8) is 0 Å². The quantitative estimate of drug-likeness (QED) is 0.751. The molecule has 2 heterocycles. The van der Waals surface area contributed by atoms with Crippen LogP contribution in [0.3, 0.4) is 0 Å². The number of para-hydroxylation sites is 1. The predicted molar refractivity (Wildman–Crippen MR) is 64.3 cm³/mol.